The summed E-state index contributed by atoms with van der Waals surface area (Å²) in [5.41, 5.74) is 1.69. The number of halogens is 2. The van der Waals surface area contributed by atoms with Crippen LogP contribution in [0, 0.1) is 24.5 Å². The molecule has 1 aromatic heterocycles. The van der Waals surface area contributed by atoms with Gasteiger partial charge < -0.3 is 9.88 Å². The molecule has 22 heavy (non-hydrogen) atoms. The van der Waals surface area contributed by atoms with Gasteiger partial charge in [0.15, 0.2) is 17.1 Å². The van der Waals surface area contributed by atoms with Crippen LogP contribution < -0.4 is 10.7 Å². The van der Waals surface area contributed by atoms with Crippen LogP contribution in [0.1, 0.15) is 25.1 Å². The molecule has 0 atom stereocenters. The molecule has 0 aliphatic heterocycles. The van der Waals surface area contributed by atoms with Gasteiger partial charge in [-0.3, -0.25) is 4.79 Å². The monoisotopic (exact) mass is 306 g/mol. The van der Waals surface area contributed by atoms with Gasteiger partial charge in [-0.1, -0.05) is 13.8 Å². The number of pyridine rings is 1. The summed E-state index contributed by atoms with van der Waals surface area (Å²) in [5, 5.41) is 3.21. The highest BCUT2D eigenvalue weighted by atomic mass is 19.2. The number of benzene rings is 1. The van der Waals surface area contributed by atoms with Crippen molar-refractivity contribution in [1.82, 2.24) is 9.88 Å². The van der Waals surface area contributed by atoms with E-state index in [1.807, 2.05) is 0 Å². The van der Waals surface area contributed by atoms with Crippen molar-refractivity contribution in [2.45, 2.75) is 27.3 Å². The molecule has 0 saturated heterocycles. The highest BCUT2D eigenvalue weighted by Gasteiger charge is 2.08. The minimum absolute atomic E-state index is 0.0624. The van der Waals surface area contributed by atoms with Gasteiger partial charge in [0.05, 0.1) is 0 Å². The summed E-state index contributed by atoms with van der Waals surface area (Å²) in [6.07, 6.45) is 1.68. The molecule has 0 spiro atoms. The second kappa shape index (κ2) is 6.83. The van der Waals surface area contributed by atoms with Gasteiger partial charge in [-0.25, -0.2) is 8.78 Å². The largest absolute Gasteiger partial charge is 0.320 e. The Morgan fingerprint density at radius 1 is 1.18 bits per heavy atom. The van der Waals surface area contributed by atoms with Gasteiger partial charge in [-0.15, -0.1) is 0 Å². The van der Waals surface area contributed by atoms with Crippen molar-refractivity contribution in [1.29, 1.82) is 0 Å². The van der Waals surface area contributed by atoms with Crippen molar-refractivity contribution < 1.29 is 8.78 Å². The second-order valence-corrected chi connectivity index (χ2v) is 5.80. The molecule has 0 unspecified atom stereocenters. The molecule has 0 bridgehead atoms. The zero-order valence-corrected chi connectivity index (χ0v) is 13.0. The number of aryl methyl sites for hydroxylation is 1. The molecule has 0 aliphatic carbocycles. The lowest BCUT2D eigenvalue weighted by Crippen LogP contribution is -2.24. The molecule has 1 heterocycles. The number of rotatable bonds is 5. The highest BCUT2D eigenvalue weighted by molar-refractivity contribution is 5.36. The Bertz CT molecular complexity index is 723. The minimum Gasteiger partial charge on any atom is -0.320 e. The van der Waals surface area contributed by atoms with Crippen molar-refractivity contribution in [2.75, 3.05) is 6.54 Å². The van der Waals surface area contributed by atoms with E-state index in [9.17, 15) is 13.6 Å². The van der Waals surface area contributed by atoms with Crippen LogP contribution in [0.5, 0.6) is 0 Å². The SMILES string of the molecule is Cc1cc(=O)c(CNCC(C)C)cn1-c1ccc(F)c(F)c1. The Kier molecular flexibility index (Phi) is 5.08. The summed E-state index contributed by atoms with van der Waals surface area (Å²) in [4.78, 5) is 12.0. The van der Waals surface area contributed by atoms with Gasteiger partial charge in [-0.05, 0) is 31.5 Å². The maximum Gasteiger partial charge on any atom is 0.186 e. The summed E-state index contributed by atoms with van der Waals surface area (Å²) < 4.78 is 28.2. The third-order valence-electron chi connectivity index (χ3n) is 3.37. The maximum absolute atomic E-state index is 13.4. The lowest BCUT2D eigenvalue weighted by molar-refractivity contribution is 0.508. The Morgan fingerprint density at radius 3 is 2.55 bits per heavy atom. The third kappa shape index (κ3) is 3.80. The Balaban J connectivity index is 2.35. The van der Waals surface area contributed by atoms with Crippen LogP contribution in [-0.4, -0.2) is 11.1 Å². The van der Waals surface area contributed by atoms with Gasteiger partial charge in [0.1, 0.15) is 0 Å². The first-order valence-electron chi connectivity index (χ1n) is 7.27. The molecule has 3 nitrogen and oxygen atoms in total. The van der Waals surface area contributed by atoms with Crippen molar-refractivity contribution in [3.63, 3.8) is 0 Å². The van der Waals surface area contributed by atoms with Gasteiger partial charge in [0.25, 0.3) is 0 Å². The number of hydrogen-bond acceptors (Lipinski definition) is 2. The Labute approximate surface area is 128 Å². The summed E-state index contributed by atoms with van der Waals surface area (Å²) in [5.74, 6) is -1.31. The van der Waals surface area contributed by atoms with Crippen LogP contribution in [0.2, 0.25) is 0 Å². The van der Waals surface area contributed by atoms with Crippen molar-refractivity contribution in [3.05, 3.63) is 63.6 Å². The van der Waals surface area contributed by atoms with Gasteiger partial charge in [-0.2, -0.15) is 0 Å². The summed E-state index contributed by atoms with van der Waals surface area (Å²) in [7, 11) is 0. The summed E-state index contributed by atoms with van der Waals surface area (Å²) >= 11 is 0. The van der Waals surface area contributed by atoms with Crippen LogP contribution in [0.15, 0.2) is 35.3 Å². The van der Waals surface area contributed by atoms with E-state index in [-0.39, 0.29) is 5.43 Å². The molecule has 2 rings (SSSR count). The van der Waals surface area contributed by atoms with E-state index in [2.05, 4.69) is 19.2 Å². The molecule has 0 fully saturated rings. The molecule has 1 N–H and O–H groups in total. The lowest BCUT2D eigenvalue weighted by Gasteiger charge is -2.14. The fourth-order valence-electron chi connectivity index (χ4n) is 2.21. The molecule has 0 saturated carbocycles. The van der Waals surface area contributed by atoms with Crippen LogP contribution in [-0.2, 0) is 6.54 Å². The zero-order chi connectivity index (χ0) is 16.3. The molecule has 0 radical (unpaired) electrons. The minimum atomic E-state index is -0.907. The van der Waals surface area contributed by atoms with Crippen LogP contribution in [0.3, 0.4) is 0 Å². The van der Waals surface area contributed by atoms with Crippen molar-refractivity contribution >= 4 is 0 Å². The first kappa shape index (κ1) is 16.4. The first-order valence-corrected chi connectivity index (χ1v) is 7.27. The highest BCUT2D eigenvalue weighted by Crippen LogP contribution is 2.15. The molecule has 2 aromatic rings. The molecule has 0 aliphatic rings. The molecular formula is C17H20F2N2O. The Hall–Kier alpha value is -2.01. The predicted molar refractivity (Wildman–Crippen MR) is 83.2 cm³/mol. The average molecular weight is 306 g/mol. The van der Waals surface area contributed by atoms with E-state index < -0.39 is 11.6 Å². The van der Waals surface area contributed by atoms with E-state index in [0.29, 0.717) is 29.4 Å². The van der Waals surface area contributed by atoms with Gasteiger partial charge >= 0.3 is 0 Å². The predicted octanol–water partition coefficient (Wildman–Crippen LogP) is 3.17. The second-order valence-electron chi connectivity index (χ2n) is 5.80. The first-order chi connectivity index (χ1) is 10.4. The van der Waals surface area contributed by atoms with Crippen molar-refractivity contribution in [2.24, 2.45) is 5.92 Å². The van der Waals surface area contributed by atoms with Crippen molar-refractivity contribution in [3.8, 4) is 5.69 Å². The number of hydrogen-bond donors (Lipinski definition) is 1. The van der Waals surface area contributed by atoms with E-state index in [4.69, 9.17) is 0 Å². The third-order valence-corrected chi connectivity index (χ3v) is 3.37. The van der Waals surface area contributed by atoms with E-state index in [1.54, 1.807) is 17.7 Å². The van der Waals surface area contributed by atoms with Gasteiger partial charge in [0.2, 0.25) is 0 Å². The standard InChI is InChI=1S/C17H20F2N2O/c1-11(2)8-20-9-13-10-21(12(3)6-17(13)22)14-4-5-15(18)16(19)7-14/h4-7,10-11,20H,8-9H2,1-3H3. The zero-order valence-electron chi connectivity index (χ0n) is 13.0. The maximum atomic E-state index is 13.4. The average Bonchev–Trinajstić information content (AvgIpc) is 2.44. The van der Waals surface area contributed by atoms with E-state index in [0.717, 1.165) is 18.7 Å². The summed E-state index contributed by atoms with van der Waals surface area (Å²) in [6, 6.07) is 5.20. The normalized spacial score (nSPS) is 11.2. The topological polar surface area (TPSA) is 34.0 Å². The molecular weight excluding hydrogens is 286 g/mol. The fourth-order valence-corrected chi connectivity index (χ4v) is 2.21. The quantitative estimate of drug-likeness (QED) is 0.920. The van der Waals surface area contributed by atoms with E-state index >= 15 is 0 Å². The van der Waals surface area contributed by atoms with Crippen LogP contribution >= 0.6 is 0 Å². The van der Waals surface area contributed by atoms with Gasteiger partial charge in [0, 0.05) is 41.8 Å². The fraction of sp³-hybridized carbons (Fsp3) is 0.353. The van der Waals surface area contributed by atoms with Crippen LogP contribution in [0.25, 0.3) is 5.69 Å². The number of nitrogens with one attached hydrogen (secondary N) is 1. The molecule has 5 heteroatoms. The number of aromatic nitrogens is 1. The molecule has 0 amide bonds. The molecule has 118 valence electrons. The van der Waals surface area contributed by atoms with Crippen LogP contribution in [0.4, 0.5) is 8.78 Å². The molecule has 1 aromatic carbocycles. The Morgan fingerprint density at radius 2 is 1.91 bits per heavy atom. The number of nitrogens with zero attached hydrogens (tertiary/aromatic N) is 1. The lowest BCUT2D eigenvalue weighted by atomic mass is 10.2. The smallest absolute Gasteiger partial charge is 0.186 e. The summed E-state index contributed by atoms with van der Waals surface area (Å²) in [6.45, 7) is 7.18. The van der Waals surface area contributed by atoms with E-state index in [1.165, 1.54) is 12.1 Å².